The van der Waals surface area contributed by atoms with Gasteiger partial charge in [-0.3, -0.25) is 4.99 Å². The lowest BCUT2D eigenvalue weighted by Gasteiger charge is -2.17. The van der Waals surface area contributed by atoms with Crippen molar-refractivity contribution in [3.8, 4) is 0 Å². The Bertz CT molecular complexity index is 820. The zero-order valence-corrected chi connectivity index (χ0v) is 16.0. The van der Waals surface area contributed by atoms with Crippen LogP contribution in [0.25, 0.3) is 5.57 Å². The van der Waals surface area contributed by atoms with Crippen molar-refractivity contribution >= 4 is 17.5 Å². The van der Waals surface area contributed by atoms with Crippen molar-refractivity contribution in [3.63, 3.8) is 0 Å². The molecule has 0 N–H and O–H groups in total. The summed E-state index contributed by atoms with van der Waals surface area (Å²) in [4.78, 5) is 4.67. The molecular weight excluding hydrogens is 302 g/mol. The standard InChI is InChI=1S/C24H29N/c1-6-25-24-15-21(20-9-7-8-10-20)11-12-22(24)19(5)23-14-16(2)13-17(3)18(23)4/h6,11-15,20H,5,7-10H2,1-4H3. The van der Waals surface area contributed by atoms with Gasteiger partial charge in [-0.05, 0) is 80.3 Å². The van der Waals surface area contributed by atoms with E-state index in [2.05, 4.69) is 62.7 Å². The molecule has 130 valence electrons. The van der Waals surface area contributed by atoms with Gasteiger partial charge < -0.3 is 0 Å². The summed E-state index contributed by atoms with van der Waals surface area (Å²) in [7, 11) is 0. The van der Waals surface area contributed by atoms with Gasteiger partial charge in [-0.2, -0.15) is 0 Å². The molecule has 1 fully saturated rings. The Morgan fingerprint density at radius 3 is 2.44 bits per heavy atom. The molecule has 0 aliphatic heterocycles. The summed E-state index contributed by atoms with van der Waals surface area (Å²) in [5.74, 6) is 0.705. The minimum Gasteiger partial charge on any atom is -0.261 e. The predicted molar refractivity (Wildman–Crippen MR) is 110 cm³/mol. The molecule has 25 heavy (non-hydrogen) atoms. The van der Waals surface area contributed by atoms with Gasteiger partial charge in [0.1, 0.15) is 0 Å². The lowest BCUT2D eigenvalue weighted by molar-refractivity contribution is 0.723. The molecule has 3 rings (SSSR count). The van der Waals surface area contributed by atoms with E-state index in [9.17, 15) is 0 Å². The van der Waals surface area contributed by atoms with Gasteiger partial charge >= 0.3 is 0 Å². The van der Waals surface area contributed by atoms with Crippen molar-refractivity contribution in [3.05, 3.63) is 70.3 Å². The first-order chi connectivity index (χ1) is 12.0. The van der Waals surface area contributed by atoms with Crippen LogP contribution in [0.2, 0.25) is 0 Å². The van der Waals surface area contributed by atoms with Gasteiger partial charge in [0.05, 0.1) is 5.69 Å². The lowest BCUT2D eigenvalue weighted by Crippen LogP contribution is -1.97. The Morgan fingerprint density at radius 2 is 1.76 bits per heavy atom. The molecule has 2 aromatic carbocycles. The second kappa shape index (κ2) is 7.39. The summed E-state index contributed by atoms with van der Waals surface area (Å²) in [6, 6.07) is 11.3. The minimum absolute atomic E-state index is 0.705. The number of nitrogens with zero attached hydrogens (tertiary/aromatic N) is 1. The van der Waals surface area contributed by atoms with Gasteiger partial charge in [-0.1, -0.05) is 49.2 Å². The second-order valence-electron chi connectivity index (χ2n) is 7.38. The van der Waals surface area contributed by atoms with Crippen LogP contribution in [0.3, 0.4) is 0 Å². The maximum Gasteiger partial charge on any atom is 0.0706 e. The Kier molecular flexibility index (Phi) is 5.22. The molecular formula is C24H29N. The van der Waals surface area contributed by atoms with E-state index in [0.29, 0.717) is 5.92 Å². The molecule has 0 bridgehead atoms. The van der Waals surface area contributed by atoms with Gasteiger partial charge in [-0.15, -0.1) is 0 Å². The van der Waals surface area contributed by atoms with Crippen molar-refractivity contribution in [2.24, 2.45) is 4.99 Å². The van der Waals surface area contributed by atoms with Crippen LogP contribution in [-0.2, 0) is 0 Å². The first kappa shape index (κ1) is 17.7. The van der Waals surface area contributed by atoms with Gasteiger partial charge in [0.15, 0.2) is 0 Å². The summed E-state index contributed by atoms with van der Waals surface area (Å²) in [5, 5.41) is 0. The minimum atomic E-state index is 0.705. The van der Waals surface area contributed by atoms with Crippen molar-refractivity contribution in [1.82, 2.24) is 0 Å². The smallest absolute Gasteiger partial charge is 0.0706 e. The highest BCUT2D eigenvalue weighted by molar-refractivity contribution is 5.86. The molecule has 1 saturated carbocycles. The van der Waals surface area contributed by atoms with Gasteiger partial charge in [0.25, 0.3) is 0 Å². The van der Waals surface area contributed by atoms with E-state index in [1.165, 1.54) is 53.5 Å². The van der Waals surface area contributed by atoms with Gasteiger partial charge in [0, 0.05) is 11.8 Å². The third kappa shape index (κ3) is 3.61. The van der Waals surface area contributed by atoms with E-state index < -0.39 is 0 Å². The van der Waals surface area contributed by atoms with Crippen LogP contribution in [0, 0.1) is 20.8 Å². The summed E-state index contributed by atoms with van der Waals surface area (Å²) in [5.41, 5.74) is 9.85. The first-order valence-corrected chi connectivity index (χ1v) is 9.41. The molecule has 0 heterocycles. The van der Waals surface area contributed by atoms with Crippen LogP contribution >= 0.6 is 0 Å². The van der Waals surface area contributed by atoms with E-state index in [1.54, 1.807) is 0 Å². The quantitative estimate of drug-likeness (QED) is 0.532. The van der Waals surface area contributed by atoms with Crippen LogP contribution < -0.4 is 0 Å². The normalized spacial score (nSPS) is 15.2. The SMILES string of the molecule is C=C(c1ccc(C2CCCC2)cc1N=CC)c1cc(C)cc(C)c1C. The van der Waals surface area contributed by atoms with Crippen LogP contribution in [0.1, 0.15) is 71.9 Å². The Morgan fingerprint density at radius 1 is 1.04 bits per heavy atom. The van der Waals surface area contributed by atoms with E-state index in [4.69, 9.17) is 0 Å². The molecule has 2 aromatic rings. The largest absolute Gasteiger partial charge is 0.261 e. The fourth-order valence-electron chi connectivity index (χ4n) is 4.06. The molecule has 1 nitrogen and oxygen atoms in total. The summed E-state index contributed by atoms with van der Waals surface area (Å²) in [6.45, 7) is 12.9. The Labute approximate surface area is 152 Å². The number of aryl methyl sites for hydroxylation is 2. The lowest BCUT2D eigenvalue weighted by atomic mass is 9.89. The maximum atomic E-state index is 4.67. The number of hydrogen-bond donors (Lipinski definition) is 0. The first-order valence-electron chi connectivity index (χ1n) is 9.41. The maximum absolute atomic E-state index is 4.67. The summed E-state index contributed by atoms with van der Waals surface area (Å²) >= 11 is 0. The van der Waals surface area contributed by atoms with Crippen LogP contribution in [-0.4, -0.2) is 6.21 Å². The number of rotatable bonds is 4. The fraction of sp³-hybridized carbons (Fsp3) is 0.375. The molecule has 1 aliphatic rings. The molecule has 0 aromatic heterocycles. The summed E-state index contributed by atoms with van der Waals surface area (Å²) < 4.78 is 0. The number of hydrogen-bond acceptors (Lipinski definition) is 1. The van der Waals surface area contributed by atoms with Crippen LogP contribution in [0.5, 0.6) is 0 Å². The number of benzene rings is 2. The number of aliphatic imine (C=N–C) groups is 1. The molecule has 0 atom stereocenters. The fourth-order valence-corrected chi connectivity index (χ4v) is 4.06. The van der Waals surface area contributed by atoms with Crippen molar-refractivity contribution in [2.75, 3.05) is 0 Å². The van der Waals surface area contributed by atoms with Crippen molar-refractivity contribution in [1.29, 1.82) is 0 Å². The van der Waals surface area contributed by atoms with Crippen molar-refractivity contribution in [2.45, 2.75) is 59.3 Å². The molecule has 0 radical (unpaired) electrons. The average Bonchev–Trinajstić information content (AvgIpc) is 3.12. The second-order valence-corrected chi connectivity index (χ2v) is 7.38. The molecule has 0 spiro atoms. The monoisotopic (exact) mass is 331 g/mol. The predicted octanol–water partition coefficient (Wildman–Crippen LogP) is 7.05. The Balaban J connectivity index is 2.05. The average molecular weight is 332 g/mol. The third-order valence-corrected chi connectivity index (χ3v) is 5.58. The van der Waals surface area contributed by atoms with Crippen molar-refractivity contribution < 1.29 is 0 Å². The molecule has 1 aliphatic carbocycles. The van der Waals surface area contributed by atoms with E-state index in [1.807, 2.05) is 13.1 Å². The molecule has 0 saturated heterocycles. The highest BCUT2D eigenvalue weighted by atomic mass is 14.7. The van der Waals surface area contributed by atoms with Crippen LogP contribution in [0.4, 0.5) is 5.69 Å². The van der Waals surface area contributed by atoms with Gasteiger partial charge in [-0.25, -0.2) is 0 Å². The van der Waals surface area contributed by atoms with E-state index >= 15 is 0 Å². The molecule has 0 amide bonds. The Hall–Kier alpha value is -2.15. The molecule has 0 unspecified atom stereocenters. The third-order valence-electron chi connectivity index (χ3n) is 5.58. The van der Waals surface area contributed by atoms with Crippen LogP contribution in [0.15, 0.2) is 41.9 Å². The zero-order valence-electron chi connectivity index (χ0n) is 16.0. The zero-order chi connectivity index (χ0) is 18.0. The highest BCUT2D eigenvalue weighted by Gasteiger charge is 2.19. The molecule has 1 heteroatoms. The van der Waals surface area contributed by atoms with E-state index in [-0.39, 0.29) is 0 Å². The van der Waals surface area contributed by atoms with Gasteiger partial charge in [0.2, 0.25) is 0 Å². The topological polar surface area (TPSA) is 12.4 Å². The summed E-state index contributed by atoms with van der Waals surface area (Å²) in [6.07, 6.45) is 7.22. The highest BCUT2D eigenvalue weighted by Crippen LogP contribution is 2.39. The van der Waals surface area contributed by atoms with E-state index in [0.717, 1.165) is 16.8 Å².